The van der Waals surface area contributed by atoms with Gasteiger partial charge in [0.05, 0.1) is 12.6 Å². The Morgan fingerprint density at radius 3 is 2.56 bits per heavy atom. The Balaban J connectivity index is 2.27. The molecule has 5 nitrogen and oxygen atoms in total. The molecule has 0 saturated carbocycles. The first-order chi connectivity index (χ1) is 7.63. The van der Waals surface area contributed by atoms with E-state index in [1.165, 1.54) is 17.0 Å². The van der Waals surface area contributed by atoms with E-state index in [1.54, 1.807) is 19.2 Å². The van der Waals surface area contributed by atoms with Crippen LogP contribution in [0.25, 0.3) is 0 Å². The number of hydrogen-bond acceptors (Lipinski definition) is 4. The van der Waals surface area contributed by atoms with Crippen LogP contribution in [0.5, 0.6) is 5.75 Å². The third-order valence-electron chi connectivity index (χ3n) is 2.77. The van der Waals surface area contributed by atoms with Crippen molar-refractivity contribution in [2.24, 2.45) is 0 Å². The van der Waals surface area contributed by atoms with Gasteiger partial charge in [0.1, 0.15) is 5.75 Å². The molecule has 1 heterocycles. The zero-order valence-electron chi connectivity index (χ0n) is 8.83. The monoisotopic (exact) mass is 223 g/mol. The minimum Gasteiger partial charge on any atom is -0.508 e. The molecule has 1 fully saturated rings. The normalized spacial score (nSPS) is 24.6. The fourth-order valence-electron chi connectivity index (χ4n) is 1.78. The summed E-state index contributed by atoms with van der Waals surface area (Å²) >= 11 is 0. The molecule has 1 saturated heterocycles. The lowest BCUT2D eigenvalue weighted by Crippen LogP contribution is -2.33. The number of aliphatic hydroxyl groups is 1. The second-order valence-corrected chi connectivity index (χ2v) is 3.76. The van der Waals surface area contributed by atoms with Gasteiger partial charge in [-0.05, 0) is 17.7 Å². The van der Waals surface area contributed by atoms with Crippen molar-refractivity contribution in [3.8, 4) is 5.75 Å². The van der Waals surface area contributed by atoms with Crippen LogP contribution in [0.2, 0.25) is 0 Å². The Hall–Kier alpha value is -1.75. The molecule has 16 heavy (non-hydrogen) atoms. The third kappa shape index (κ3) is 1.69. The van der Waals surface area contributed by atoms with Gasteiger partial charge in [-0.25, -0.2) is 4.79 Å². The second kappa shape index (κ2) is 4.02. The topological polar surface area (TPSA) is 70.0 Å². The number of carbonyl (C=O) groups excluding carboxylic acids is 1. The SMILES string of the molecule is CN1C(=O)OC(c2ccc(O)cc2)C1CO. The Labute approximate surface area is 92.9 Å². The first-order valence-electron chi connectivity index (χ1n) is 4.96. The summed E-state index contributed by atoms with van der Waals surface area (Å²) < 4.78 is 5.15. The van der Waals surface area contributed by atoms with Crippen molar-refractivity contribution in [3.63, 3.8) is 0 Å². The van der Waals surface area contributed by atoms with E-state index in [-0.39, 0.29) is 18.4 Å². The van der Waals surface area contributed by atoms with E-state index in [9.17, 15) is 9.90 Å². The van der Waals surface area contributed by atoms with E-state index in [4.69, 9.17) is 9.84 Å². The summed E-state index contributed by atoms with van der Waals surface area (Å²) in [5, 5.41) is 18.4. The first-order valence-corrected chi connectivity index (χ1v) is 4.96. The Morgan fingerprint density at radius 1 is 1.38 bits per heavy atom. The third-order valence-corrected chi connectivity index (χ3v) is 2.77. The Morgan fingerprint density at radius 2 is 2.00 bits per heavy atom. The lowest BCUT2D eigenvalue weighted by molar-refractivity contribution is 0.118. The molecular formula is C11H13NO4. The lowest BCUT2D eigenvalue weighted by atomic mass is 10.0. The number of rotatable bonds is 2. The molecule has 0 radical (unpaired) electrons. The maximum absolute atomic E-state index is 11.3. The van der Waals surface area contributed by atoms with E-state index in [1.807, 2.05) is 0 Å². The van der Waals surface area contributed by atoms with Gasteiger partial charge >= 0.3 is 6.09 Å². The number of ether oxygens (including phenoxy) is 1. The van der Waals surface area contributed by atoms with Crippen LogP contribution >= 0.6 is 0 Å². The van der Waals surface area contributed by atoms with Gasteiger partial charge < -0.3 is 19.8 Å². The Kier molecular flexibility index (Phi) is 2.70. The number of benzene rings is 1. The molecule has 0 aliphatic carbocycles. The fraction of sp³-hybridized carbons (Fsp3) is 0.364. The first kappa shape index (κ1) is 10.8. The van der Waals surface area contributed by atoms with Crippen molar-refractivity contribution < 1.29 is 19.7 Å². The molecule has 2 N–H and O–H groups in total. The van der Waals surface area contributed by atoms with Gasteiger partial charge in [0.25, 0.3) is 0 Å². The minimum atomic E-state index is -0.483. The number of carbonyl (C=O) groups is 1. The number of likely N-dealkylation sites (N-methyl/N-ethyl adjacent to an activating group) is 1. The summed E-state index contributed by atoms with van der Waals surface area (Å²) in [5.74, 6) is 0.155. The maximum Gasteiger partial charge on any atom is 0.410 e. The van der Waals surface area contributed by atoms with E-state index >= 15 is 0 Å². The molecule has 0 bridgehead atoms. The molecular weight excluding hydrogens is 210 g/mol. The van der Waals surface area contributed by atoms with Crippen LogP contribution < -0.4 is 0 Å². The summed E-state index contributed by atoms with van der Waals surface area (Å²) in [7, 11) is 1.59. The average Bonchev–Trinajstić information content (AvgIpc) is 2.56. The van der Waals surface area contributed by atoms with Gasteiger partial charge in [0.15, 0.2) is 6.10 Å². The smallest absolute Gasteiger partial charge is 0.410 e. The molecule has 2 rings (SSSR count). The van der Waals surface area contributed by atoms with Crippen molar-refractivity contribution in [2.75, 3.05) is 13.7 Å². The van der Waals surface area contributed by atoms with Crippen LogP contribution in [-0.2, 0) is 4.74 Å². The number of nitrogens with zero attached hydrogens (tertiary/aromatic N) is 1. The van der Waals surface area contributed by atoms with Gasteiger partial charge in [-0.1, -0.05) is 12.1 Å². The van der Waals surface area contributed by atoms with Crippen molar-refractivity contribution in [1.29, 1.82) is 0 Å². The summed E-state index contributed by atoms with van der Waals surface area (Å²) in [5.41, 5.74) is 0.759. The van der Waals surface area contributed by atoms with Crippen LogP contribution in [0.4, 0.5) is 4.79 Å². The second-order valence-electron chi connectivity index (χ2n) is 3.76. The number of aromatic hydroxyl groups is 1. The molecule has 2 unspecified atom stereocenters. The molecule has 2 atom stereocenters. The van der Waals surface area contributed by atoms with Gasteiger partial charge in [0, 0.05) is 7.05 Å². The van der Waals surface area contributed by atoms with Gasteiger partial charge in [-0.2, -0.15) is 0 Å². The summed E-state index contributed by atoms with van der Waals surface area (Å²) in [6.45, 7) is -0.159. The van der Waals surface area contributed by atoms with Gasteiger partial charge in [-0.15, -0.1) is 0 Å². The van der Waals surface area contributed by atoms with Crippen molar-refractivity contribution >= 4 is 6.09 Å². The van der Waals surface area contributed by atoms with Crippen molar-refractivity contribution in [2.45, 2.75) is 12.1 Å². The van der Waals surface area contributed by atoms with Crippen LogP contribution in [0.3, 0.4) is 0 Å². The highest BCUT2D eigenvalue weighted by Gasteiger charge is 2.39. The predicted octanol–water partition coefficient (Wildman–Crippen LogP) is 0.876. The molecule has 1 amide bonds. The Bertz CT molecular complexity index is 389. The molecule has 0 aromatic heterocycles. The van der Waals surface area contributed by atoms with Crippen LogP contribution in [0.1, 0.15) is 11.7 Å². The van der Waals surface area contributed by atoms with Crippen LogP contribution in [-0.4, -0.2) is 40.9 Å². The molecule has 1 aliphatic rings. The highest BCUT2D eigenvalue weighted by molar-refractivity contribution is 5.70. The largest absolute Gasteiger partial charge is 0.508 e. The number of hydrogen-bond donors (Lipinski definition) is 2. The highest BCUT2D eigenvalue weighted by atomic mass is 16.6. The van der Waals surface area contributed by atoms with Crippen LogP contribution in [0, 0.1) is 0 Å². The zero-order chi connectivity index (χ0) is 11.7. The molecule has 1 aromatic rings. The molecule has 86 valence electrons. The summed E-state index contributed by atoms with van der Waals surface area (Å²) in [6.07, 6.45) is -0.930. The zero-order valence-corrected chi connectivity index (χ0v) is 8.83. The quantitative estimate of drug-likeness (QED) is 0.780. The molecule has 1 aromatic carbocycles. The summed E-state index contributed by atoms with van der Waals surface area (Å²) in [4.78, 5) is 12.7. The molecule has 5 heteroatoms. The number of aliphatic hydroxyl groups excluding tert-OH is 1. The van der Waals surface area contributed by atoms with E-state index in [0.717, 1.165) is 5.56 Å². The number of cyclic esters (lactones) is 1. The number of phenols is 1. The maximum atomic E-state index is 11.3. The van der Waals surface area contributed by atoms with Gasteiger partial charge in [-0.3, -0.25) is 0 Å². The summed E-state index contributed by atoms with van der Waals surface area (Å²) in [6, 6.07) is 6.02. The van der Waals surface area contributed by atoms with E-state index in [0.29, 0.717) is 0 Å². The van der Waals surface area contributed by atoms with E-state index < -0.39 is 12.2 Å². The molecule has 0 spiro atoms. The van der Waals surface area contributed by atoms with Crippen molar-refractivity contribution in [3.05, 3.63) is 29.8 Å². The molecule has 1 aliphatic heterocycles. The highest BCUT2D eigenvalue weighted by Crippen LogP contribution is 2.31. The lowest BCUT2D eigenvalue weighted by Gasteiger charge is -2.18. The standard InChI is InChI=1S/C11H13NO4/c1-12-9(6-13)10(16-11(12)15)7-2-4-8(14)5-3-7/h2-5,9-10,13-14H,6H2,1H3. The van der Waals surface area contributed by atoms with Crippen molar-refractivity contribution in [1.82, 2.24) is 4.90 Å². The van der Waals surface area contributed by atoms with E-state index in [2.05, 4.69) is 0 Å². The number of amides is 1. The average molecular weight is 223 g/mol. The van der Waals surface area contributed by atoms with Gasteiger partial charge in [0.2, 0.25) is 0 Å². The number of phenolic OH excluding ortho intramolecular Hbond substituents is 1. The predicted molar refractivity (Wildman–Crippen MR) is 56.0 cm³/mol. The fourth-order valence-corrected chi connectivity index (χ4v) is 1.78. The van der Waals surface area contributed by atoms with Crippen LogP contribution in [0.15, 0.2) is 24.3 Å². The minimum absolute atomic E-state index is 0.155.